The molecule has 4 aromatic carbocycles. The number of rotatable bonds is 2. The third-order valence-electron chi connectivity index (χ3n) is 7.69. The number of pyridine rings is 2. The van der Waals surface area contributed by atoms with Crippen molar-refractivity contribution in [3.63, 3.8) is 0 Å². The van der Waals surface area contributed by atoms with E-state index >= 15 is 0 Å². The van der Waals surface area contributed by atoms with Crippen molar-refractivity contribution in [2.45, 2.75) is 27.1 Å². The predicted molar refractivity (Wildman–Crippen MR) is 178 cm³/mol. The fraction of sp³-hybridized carbons (Fsp3) is 0.158. The highest BCUT2D eigenvalue weighted by molar-refractivity contribution is 6.05. The van der Waals surface area contributed by atoms with Crippen molar-refractivity contribution in [2.75, 3.05) is 14.2 Å². The first-order valence-corrected chi connectivity index (χ1v) is 14.7. The fourth-order valence-electron chi connectivity index (χ4n) is 5.73. The summed E-state index contributed by atoms with van der Waals surface area (Å²) < 4.78 is 10.4. The van der Waals surface area contributed by atoms with E-state index in [1.54, 1.807) is 0 Å². The Bertz CT molecular complexity index is 1890. The SMILES string of the molecule is CO.CO.Cc1ccc2nc3c(c(-c4ccccc4)c2c1)COC3=O.Cc1ccc2nc3c(c(-c4ccccc4)c2c1)COC3=O. The topological polar surface area (TPSA) is 119 Å². The number of cyclic esters (lactones) is 2. The van der Waals surface area contributed by atoms with E-state index in [-0.39, 0.29) is 11.9 Å². The Morgan fingerprint density at radius 3 is 1.28 bits per heavy atom. The Balaban J connectivity index is 0.000000164. The van der Waals surface area contributed by atoms with Crippen LogP contribution < -0.4 is 0 Å². The third-order valence-corrected chi connectivity index (χ3v) is 7.69. The highest BCUT2D eigenvalue weighted by Gasteiger charge is 2.29. The second-order valence-corrected chi connectivity index (χ2v) is 10.6. The summed E-state index contributed by atoms with van der Waals surface area (Å²) in [5.41, 5.74) is 11.0. The van der Waals surface area contributed by atoms with Gasteiger partial charge in [0.1, 0.15) is 13.2 Å². The third kappa shape index (κ3) is 6.08. The second kappa shape index (κ2) is 14.1. The molecule has 2 aromatic heterocycles. The molecule has 0 saturated heterocycles. The molecule has 0 radical (unpaired) electrons. The monoisotopic (exact) mass is 614 g/mol. The number of aliphatic hydroxyl groups excluding tert-OH is 2. The Kier molecular flexibility index (Phi) is 9.81. The zero-order valence-corrected chi connectivity index (χ0v) is 26.1. The summed E-state index contributed by atoms with van der Waals surface area (Å²) in [6.45, 7) is 4.72. The lowest BCUT2D eigenvalue weighted by molar-refractivity contribution is 0.0522. The van der Waals surface area contributed by atoms with Crippen LogP contribution in [0.25, 0.3) is 44.1 Å². The molecule has 0 atom stereocenters. The number of benzene rings is 4. The van der Waals surface area contributed by atoms with Gasteiger partial charge in [-0.3, -0.25) is 0 Å². The molecule has 0 saturated carbocycles. The van der Waals surface area contributed by atoms with Crippen LogP contribution in [0.15, 0.2) is 97.1 Å². The number of hydrogen-bond acceptors (Lipinski definition) is 8. The first-order valence-electron chi connectivity index (χ1n) is 14.7. The Hall–Kier alpha value is -5.44. The molecule has 6 aromatic rings. The zero-order chi connectivity index (χ0) is 32.8. The van der Waals surface area contributed by atoms with E-state index in [1.807, 2.05) is 60.7 Å². The highest BCUT2D eigenvalue weighted by atomic mass is 16.5. The van der Waals surface area contributed by atoms with Crippen molar-refractivity contribution in [2.24, 2.45) is 0 Å². The summed E-state index contributed by atoms with van der Waals surface area (Å²) in [5, 5.41) is 16.1. The lowest BCUT2D eigenvalue weighted by Crippen LogP contribution is -2.00. The number of hydrogen-bond donors (Lipinski definition) is 2. The van der Waals surface area contributed by atoms with Gasteiger partial charge < -0.3 is 19.7 Å². The maximum atomic E-state index is 11.9. The minimum absolute atomic E-state index is 0.301. The van der Waals surface area contributed by atoms with E-state index in [1.165, 1.54) is 11.1 Å². The first-order chi connectivity index (χ1) is 22.5. The number of ether oxygens (including phenoxy) is 2. The Morgan fingerprint density at radius 1 is 0.543 bits per heavy atom. The lowest BCUT2D eigenvalue weighted by Gasteiger charge is -2.11. The molecule has 2 aliphatic heterocycles. The summed E-state index contributed by atoms with van der Waals surface area (Å²) in [6, 6.07) is 32.4. The van der Waals surface area contributed by atoms with Crippen molar-refractivity contribution < 1.29 is 29.3 Å². The van der Waals surface area contributed by atoms with Gasteiger partial charge in [-0.1, -0.05) is 83.9 Å². The van der Waals surface area contributed by atoms with Gasteiger partial charge in [-0.25, -0.2) is 19.6 Å². The van der Waals surface area contributed by atoms with Gasteiger partial charge in [0.05, 0.1) is 11.0 Å². The molecule has 8 rings (SSSR count). The predicted octanol–water partition coefficient (Wildman–Crippen LogP) is 6.98. The van der Waals surface area contributed by atoms with Gasteiger partial charge in [-0.15, -0.1) is 0 Å². The van der Waals surface area contributed by atoms with Crippen LogP contribution in [0.3, 0.4) is 0 Å². The zero-order valence-electron chi connectivity index (χ0n) is 26.1. The molecular weight excluding hydrogens is 580 g/mol. The van der Waals surface area contributed by atoms with Gasteiger partial charge in [0.15, 0.2) is 11.4 Å². The van der Waals surface area contributed by atoms with Crippen LogP contribution in [0.1, 0.15) is 43.2 Å². The second-order valence-electron chi connectivity index (χ2n) is 10.6. The van der Waals surface area contributed by atoms with E-state index in [0.717, 1.165) is 69.4 Å². The Morgan fingerprint density at radius 2 is 0.913 bits per heavy atom. The van der Waals surface area contributed by atoms with E-state index < -0.39 is 0 Å². The molecule has 2 N–H and O–H groups in total. The fourth-order valence-corrected chi connectivity index (χ4v) is 5.73. The van der Waals surface area contributed by atoms with E-state index in [9.17, 15) is 9.59 Å². The van der Waals surface area contributed by atoms with E-state index in [0.29, 0.717) is 24.6 Å². The van der Waals surface area contributed by atoms with Crippen molar-refractivity contribution in [1.82, 2.24) is 9.97 Å². The minimum atomic E-state index is -0.329. The minimum Gasteiger partial charge on any atom is -0.456 e. The highest BCUT2D eigenvalue weighted by Crippen LogP contribution is 2.38. The van der Waals surface area contributed by atoms with Crippen LogP contribution in [0.4, 0.5) is 0 Å². The molecule has 46 heavy (non-hydrogen) atoms. The molecule has 0 unspecified atom stereocenters. The average molecular weight is 615 g/mol. The van der Waals surface area contributed by atoms with Crippen LogP contribution in [-0.2, 0) is 22.7 Å². The standard InChI is InChI=1S/2C18H13NO2.2CH4O/c2*1-11-7-8-15-13(9-11)16(12-5-3-2-4-6-12)14-10-21-18(20)17(14)19-15;2*1-2/h2*2-9H,10H2,1H3;2*2H,1H3. The van der Waals surface area contributed by atoms with Crippen molar-refractivity contribution in [1.29, 1.82) is 0 Å². The van der Waals surface area contributed by atoms with Gasteiger partial charge >= 0.3 is 11.9 Å². The molecule has 0 aliphatic carbocycles. The summed E-state index contributed by atoms with van der Waals surface area (Å²) in [7, 11) is 2.00. The normalized spacial score (nSPS) is 12.4. The van der Waals surface area contributed by atoms with Crippen LogP contribution in [-0.4, -0.2) is 46.3 Å². The quantitative estimate of drug-likeness (QED) is 0.201. The van der Waals surface area contributed by atoms with Crippen LogP contribution in [0.5, 0.6) is 0 Å². The summed E-state index contributed by atoms with van der Waals surface area (Å²) in [6.07, 6.45) is 0. The molecule has 8 heteroatoms. The van der Waals surface area contributed by atoms with Gasteiger partial charge in [-0.05, 0) is 49.2 Å². The molecule has 0 fully saturated rings. The summed E-state index contributed by atoms with van der Waals surface area (Å²) in [5.74, 6) is -0.658. The number of carbonyl (C=O) groups is 2. The molecule has 8 nitrogen and oxygen atoms in total. The van der Waals surface area contributed by atoms with Crippen LogP contribution >= 0.6 is 0 Å². The molecular formula is C38H34N2O6. The molecule has 0 amide bonds. The number of aromatic nitrogens is 2. The molecule has 4 heterocycles. The lowest BCUT2D eigenvalue weighted by atomic mass is 9.94. The largest absolute Gasteiger partial charge is 0.456 e. The number of fused-ring (bicyclic) bond motifs is 4. The van der Waals surface area contributed by atoms with Crippen molar-refractivity contribution in [3.8, 4) is 22.3 Å². The number of carbonyl (C=O) groups excluding carboxylic acids is 2. The van der Waals surface area contributed by atoms with Gasteiger partial charge in [-0.2, -0.15) is 0 Å². The van der Waals surface area contributed by atoms with Crippen LogP contribution in [0.2, 0.25) is 0 Å². The summed E-state index contributed by atoms with van der Waals surface area (Å²) >= 11 is 0. The van der Waals surface area contributed by atoms with Gasteiger partial charge in [0.2, 0.25) is 0 Å². The summed E-state index contributed by atoms with van der Waals surface area (Å²) in [4.78, 5) is 32.7. The number of nitrogens with zero attached hydrogens (tertiary/aromatic N) is 2. The van der Waals surface area contributed by atoms with Crippen LogP contribution in [0, 0.1) is 13.8 Å². The maximum Gasteiger partial charge on any atom is 0.357 e. The molecule has 2 aliphatic rings. The Labute approximate surface area is 266 Å². The molecule has 0 spiro atoms. The van der Waals surface area contributed by atoms with Crippen molar-refractivity contribution >= 4 is 33.7 Å². The smallest absolute Gasteiger partial charge is 0.357 e. The molecule has 232 valence electrons. The number of aryl methyl sites for hydroxylation is 2. The maximum absolute atomic E-state index is 11.9. The average Bonchev–Trinajstić information content (AvgIpc) is 3.66. The van der Waals surface area contributed by atoms with Gasteiger partial charge in [0.25, 0.3) is 0 Å². The number of aliphatic hydroxyl groups is 2. The van der Waals surface area contributed by atoms with Crippen molar-refractivity contribution in [3.05, 3.63) is 131 Å². The first kappa shape index (κ1) is 32.0. The van der Waals surface area contributed by atoms with E-state index in [2.05, 4.69) is 60.2 Å². The molecule has 0 bridgehead atoms. The number of esters is 2. The van der Waals surface area contributed by atoms with Gasteiger partial charge in [0, 0.05) is 47.2 Å². The van der Waals surface area contributed by atoms with E-state index in [4.69, 9.17) is 19.7 Å².